The Kier molecular flexibility index (Phi) is 13.3. The summed E-state index contributed by atoms with van der Waals surface area (Å²) in [6, 6.07) is 1.28. The van der Waals surface area contributed by atoms with Gasteiger partial charge in [-0.25, -0.2) is 0 Å². The summed E-state index contributed by atoms with van der Waals surface area (Å²) in [5.74, 6) is -14.5. The summed E-state index contributed by atoms with van der Waals surface area (Å²) in [7, 11) is -7.83. The SMILES string of the molecule is C[SiH]1O[Si](C)(CCCOCC(F)(OC(F)(F)C(F)(F)C(F)(F)F)C(F)(F)F)CCCCO[Si](C)(CCCC2CC(=O)OC2=O)O1. The molecule has 8 nitrogen and oxygen atoms in total. The van der Waals surface area contributed by atoms with E-state index in [0.717, 1.165) is 0 Å². The topological polar surface area (TPSA) is 89.5 Å². The van der Waals surface area contributed by atoms with E-state index in [1.807, 2.05) is 13.1 Å². The van der Waals surface area contributed by atoms with Crippen molar-refractivity contribution in [2.45, 2.75) is 107 Å². The van der Waals surface area contributed by atoms with Gasteiger partial charge in [-0.2, -0.15) is 48.3 Å². The first kappa shape index (κ1) is 40.0. The van der Waals surface area contributed by atoms with Gasteiger partial charge in [0.25, 0.3) is 9.28 Å². The number of carbonyl (C=O) groups excluding carboxylic acids is 2. The minimum Gasteiger partial charge on any atom is -0.438 e. The maximum absolute atomic E-state index is 14.4. The summed E-state index contributed by atoms with van der Waals surface area (Å²) in [6.45, 7) is 2.64. The van der Waals surface area contributed by atoms with Crippen molar-refractivity contribution in [1.29, 1.82) is 0 Å². The Bertz CT molecular complexity index is 1020. The Hall–Kier alpha value is -1.18. The summed E-state index contributed by atoms with van der Waals surface area (Å²) < 4.78 is 174. The normalized spacial score (nSPS) is 29.4. The number of hydrogen-bond donors (Lipinski definition) is 0. The number of hydrogen-bond acceptors (Lipinski definition) is 8. The number of alkyl halides is 11. The van der Waals surface area contributed by atoms with Crippen LogP contribution in [0.4, 0.5) is 48.3 Å². The summed E-state index contributed by atoms with van der Waals surface area (Å²) in [4.78, 5) is 23.0. The van der Waals surface area contributed by atoms with Gasteiger partial charge in [0.1, 0.15) is 6.61 Å². The first-order chi connectivity index (χ1) is 20.4. The molecule has 45 heavy (non-hydrogen) atoms. The maximum Gasteiger partial charge on any atom is 0.462 e. The van der Waals surface area contributed by atoms with Gasteiger partial charge >= 0.3 is 50.7 Å². The van der Waals surface area contributed by atoms with Crippen molar-refractivity contribution in [1.82, 2.24) is 0 Å². The van der Waals surface area contributed by atoms with Gasteiger partial charge in [0.15, 0.2) is 8.32 Å². The predicted octanol–water partition coefficient (Wildman–Crippen LogP) is 6.64. The van der Waals surface area contributed by atoms with Gasteiger partial charge in [-0.1, -0.05) is 12.8 Å². The molecule has 5 atom stereocenters. The lowest BCUT2D eigenvalue weighted by molar-refractivity contribution is -0.486. The number of halogens is 11. The van der Waals surface area contributed by atoms with Crippen LogP contribution in [-0.4, -0.2) is 88.2 Å². The van der Waals surface area contributed by atoms with Crippen LogP contribution in [0.25, 0.3) is 0 Å². The Morgan fingerprint density at radius 1 is 0.889 bits per heavy atom. The highest BCUT2D eigenvalue weighted by Crippen LogP contribution is 2.51. The summed E-state index contributed by atoms with van der Waals surface area (Å²) >= 11 is 0. The highest BCUT2D eigenvalue weighted by Gasteiger charge is 2.78. The lowest BCUT2D eigenvalue weighted by Crippen LogP contribution is -2.60. The second-order valence-electron chi connectivity index (χ2n) is 11.4. The van der Waals surface area contributed by atoms with E-state index in [1.54, 1.807) is 6.55 Å². The van der Waals surface area contributed by atoms with E-state index in [9.17, 15) is 57.9 Å². The molecule has 0 aromatic heterocycles. The molecule has 0 aromatic carbocycles. The summed E-state index contributed by atoms with van der Waals surface area (Å²) in [6.07, 6.45) is -18.3. The Morgan fingerprint density at radius 3 is 2.09 bits per heavy atom. The zero-order valence-electron chi connectivity index (χ0n) is 24.6. The number of esters is 2. The third-order valence-electron chi connectivity index (χ3n) is 7.23. The molecule has 0 radical (unpaired) electrons. The fourth-order valence-electron chi connectivity index (χ4n) is 4.84. The van der Waals surface area contributed by atoms with Gasteiger partial charge in [-0.15, -0.1) is 0 Å². The summed E-state index contributed by atoms with van der Waals surface area (Å²) in [5.41, 5.74) is 0. The quantitative estimate of drug-likeness (QED) is 0.0685. The number of carbonyl (C=O) groups is 2. The number of cyclic esters (lactones) is 2. The molecule has 0 saturated carbocycles. The lowest BCUT2D eigenvalue weighted by atomic mass is 10.0. The molecule has 2 fully saturated rings. The minimum absolute atomic E-state index is 0.0107. The van der Waals surface area contributed by atoms with Crippen molar-refractivity contribution < 1.29 is 84.8 Å². The molecular formula is C23H35F11O8Si3. The molecule has 2 heterocycles. The molecule has 5 unspecified atom stereocenters. The van der Waals surface area contributed by atoms with E-state index < -0.39 is 87.5 Å². The maximum atomic E-state index is 14.4. The highest BCUT2D eigenvalue weighted by molar-refractivity contribution is 6.81. The Morgan fingerprint density at radius 2 is 1.53 bits per heavy atom. The van der Waals surface area contributed by atoms with Gasteiger partial charge in [-0.05, 0) is 57.0 Å². The van der Waals surface area contributed by atoms with Crippen LogP contribution in [0.2, 0.25) is 37.8 Å². The molecule has 0 spiro atoms. The van der Waals surface area contributed by atoms with Crippen LogP contribution in [0.3, 0.4) is 0 Å². The van der Waals surface area contributed by atoms with Gasteiger partial charge in [0.2, 0.25) is 0 Å². The summed E-state index contributed by atoms with van der Waals surface area (Å²) in [5, 5.41) is 0. The van der Waals surface area contributed by atoms with E-state index in [4.69, 9.17) is 12.7 Å². The van der Waals surface area contributed by atoms with Crippen LogP contribution >= 0.6 is 0 Å². The molecular weight excluding hydrogens is 697 g/mol. The molecule has 0 bridgehead atoms. The van der Waals surface area contributed by atoms with Crippen LogP contribution in [0.1, 0.15) is 38.5 Å². The predicted molar refractivity (Wildman–Crippen MR) is 139 cm³/mol. The molecule has 2 saturated heterocycles. The molecule has 0 aliphatic carbocycles. The zero-order chi connectivity index (χ0) is 34.5. The minimum atomic E-state index is -7.13. The second-order valence-corrected chi connectivity index (χ2v) is 21.3. The van der Waals surface area contributed by atoms with E-state index >= 15 is 0 Å². The average Bonchev–Trinajstić information content (AvgIpc) is 3.17. The van der Waals surface area contributed by atoms with Crippen molar-refractivity contribution in [3.63, 3.8) is 0 Å². The van der Waals surface area contributed by atoms with Crippen molar-refractivity contribution in [2.75, 3.05) is 19.8 Å². The fourth-order valence-corrected chi connectivity index (χ4v) is 16.9. The molecule has 0 aromatic rings. The average molecular weight is 733 g/mol. The van der Waals surface area contributed by atoms with Crippen molar-refractivity contribution >= 4 is 38.1 Å². The first-order valence-corrected chi connectivity index (χ1v) is 21.4. The smallest absolute Gasteiger partial charge is 0.438 e. The van der Waals surface area contributed by atoms with Gasteiger partial charge in [-0.3, -0.25) is 14.3 Å². The van der Waals surface area contributed by atoms with E-state index in [-0.39, 0.29) is 18.9 Å². The Balaban J connectivity index is 1.94. The first-order valence-electron chi connectivity index (χ1n) is 14.0. The van der Waals surface area contributed by atoms with Crippen LogP contribution in [-0.2, 0) is 36.5 Å². The molecule has 0 amide bonds. The second kappa shape index (κ2) is 14.9. The van der Waals surface area contributed by atoms with Gasteiger partial charge in [0, 0.05) is 13.2 Å². The van der Waals surface area contributed by atoms with Crippen molar-refractivity contribution in [3.8, 4) is 0 Å². The standard InChI is InChI=1S/C23H35F11O8Si3/c1-43-41-44(2,11-5-4-10-38-45(3,42-43)13-6-8-16-14-17(35)39-18(16)36)12-7-9-37-15-19(24,21(27,28)29)40-23(33,34)20(25,26)22(30,31)32/h16,43H,4-15H2,1-3H3. The van der Waals surface area contributed by atoms with Crippen molar-refractivity contribution in [2.24, 2.45) is 5.92 Å². The largest absolute Gasteiger partial charge is 0.462 e. The molecule has 0 N–H and O–H groups in total. The molecule has 22 heteroatoms. The van der Waals surface area contributed by atoms with Crippen molar-refractivity contribution in [3.05, 3.63) is 0 Å². The van der Waals surface area contributed by atoms with Gasteiger partial charge in [0.05, 0.1) is 12.3 Å². The van der Waals surface area contributed by atoms with E-state index in [2.05, 4.69) is 14.2 Å². The monoisotopic (exact) mass is 732 g/mol. The number of rotatable bonds is 13. The number of ether oxygens (including phenoxy) is 3. The molecule has 2 aliphatic rings. The van der Waals surface area contributed by atoms with Crippen LogP contribution in [0.5, 0.6) is 0 Å². The van der Waals surface area contributed by atoms with Crippen LogP contribution < -0.4 is 0 Å². The van der Waals surface area contributed by atoms with E-state index in [1.165, 1.54) is 0 Å². The lowest BCUT2D eigenvalue weighted by Gasteiger charge is -2.37. The third kappa shape index (κ3) is 10.9. The molecule has 2 rings (SSSR count). The van der Waals surface area contributed by atoms with Crippen LogP contribution in [0.15, 0.2) is 0 Å². The fraction of sp³-hybridized carbons (Fsp3) is 0.913. The van der Waals surface area contributed by atoms with Crippen LogP contribution in [0, 0.1) is 5.92 Å². The van der Waals surface area contributed by atoms with Gasteiger partial charge < -0.3 is 22.1 Å². The molecule has 2 aliphatic heterocycles. The Labute approximate surface area is 255 Å². The molecule has 264 valence electrons. The van der Waals surface area contributed by atoms with E-state index in [0.29, 0.717) is 44.4 Å². The highest BCUT2D eigenvalue weighted by atomic mass is 28.5. The zero-order valence-corrected chi connectivity index (χ0v) is 27.7. The third-order valence-corrected chi connectivity index (χ3v) is 19.1.